The van der Waals surface area contributed by atoms with Gasteiger partial charge in [-0.05, 0) is 100 Å². The Morgan fingerprint density at radius 2 is 0.750 bits per heavy atom. The van der Waals surface area contributed by atoms with Crippen LogP contribution in [-0.2, 0) is 12.8 Å². The molecule has 0 unspecified atom stereocenters. The number of hydrogen-bond acceptors (Lipinski definition) is 0. The van der Waals surface area contributed by atoms with Crippen LogP contribution < -0.4 is 0 Å². The molecule has 0 aromatic heterocycles. The largest absolute Gasteiger partial charge is 0.0616 e. The van der Waals surface area contributed by atoms with Crippen LogP contribution in [0, 0.1) is 0 Å². The summed E-state index contributed by atoms with van der Waals surface area (Å²) in [5.41, 5.74) is 11.5. The Labute approximate surface area is 209 Å². The molecule has 0 amide bonds. The predicted octanol–water partition coefficient (Wildman–Crippen LogP) is 9.44. The molecule has 0 N–H and O–H groups in total. The summed E-state index contributed by atoms with van der Waals surface area (Å²) >= 11 is 0. The van der Waals surface area contributed by atoms with Gasteiger partial charge in [-0.15, -0.1) is 0 Å². The van der Waals surface area contributed by atoms with Gasteiger partial charge >= 0.3 is 0 Å². The van der Waals surface area contributed by atoms with E-state index < -0.39 is 0 Å². The first kappa shape index (κ1) is 18.9. The average Bonchev–Trinajstić information content (AvgIpc) is 2.94. The van der Waals surface area contributed by atoms with E-state index in [4.69, 9.17) is 0 Å². The SMILES string of the molecule is c1ccc2c3c(ccc2c1)Cc1cccc2c4c5c(cccc5c-3c12)Cc1ccc2ccccc2c1-4. The molecule has 0 nitrogen and oxygen atoms in total. The van der Waals surface area contributed by atoms with Gasteiger partial charge in [0.2, 0.25) is 0 Å². The van der Waals surface area contributed by atoms with Gasteiger partial charge in [0, 0.05) is 0 Å². The van der Waals surface area contributed by atoms with Crippen molar-refractivity contribution >= 4 is 43.1 Å². The minimum Gasteiger partial charge on any atom is -0.0616 e. The van der Waals surface area contributed by atoms with E-state index in [0.717, 1.165) is 12.8 Å². The van der Waals surface area contributed by atoms with Gasteiger partial charge in [0.1, 0.15) is 0 Å². The first-order valence-corrected chi connectivity index (χ1v) is 12.9. The third kappa shape index (κ3) is 2.25. The number of benzene rings is 7. The quantitative estimate of drug-likeness (QED) is 0.200. The molecular formula is C36H22. The molecule has 0 bridgehead atoms. The molecule has 2 aliphatic carbocycles. The van der Waals surface area contributed by atoms with Crippen LogP contribution in [0.3, 0.4) is 0 Å². The van der Waals surface area contributed by atoms with E-state index in [9.17, 15) is 0 Å². The van der Waals surface area contributed by atoms with E-state index in [-0.39, 0.29) is 0 Å². The van der Waals surface area contributed by atoms with Gasteiger partial charge in [0.15, 0.2) is 0 Å². The van der Waals surface area contributed by atoms with E-state index in [1.807, 2.05) is 0 Å². The Hall–Kier alpha value is -4.42. The van der Waals surface area contributed by atoms with E-state index in [1.165, 1.54) is 87.6 Å². The van der Waals surface area contributed by atoms with Gasteiger partial charge < -0.3 is 0 Å². The van der Waals surface area contributed by atoms with Crippen LogP contribution in [0.2, 0.25) is 0 Å². The molecule has 0 atom stereocenters. The van der Waals surface area contributed by atoms with Crippen LogP contribution in [0.4, 0.5) is 0 Å². The second kappa shape index (κ2) is 6.62. The summed E-state index contributed by atoms with van der Waals surface area (Å²) in [7, 11) is 0. The summed E-state index contributed by atoms with van der Waals surface area (Å²) in [6.07, 6.45) is 1.97. The molecule has 0 saturated carbocycles. The molecule has 7 aromatic rings. The number of hydrogen-bond donors (Lipinski definition) is 0. The Kier molecular flexibility index (Phi) is 3.47. The minimum atomic E-state index is 0.984. The maximum absolute atomic E-state index is 2.38. The van der Waals surface area contributed by atoms with Crippen molar-refractivity contribution in [2.24, 2.45) is 0 Å². The highest BCUT2D eigenvalue weighted by Gasteiger charge is 2.29. The molecule has 0 fully saturated rings. The molecule has 0 heteroatoms. The highest BCUT2D eigenvalue weighted by Crippen LogP contribution is 2.54. The van der Waals surface area contributed by atoms with Crippen molar-refractivity contribution in [2.45, 2.75) is 12.8 Å². The maximum Gasteiger partial charge on any atom is -0.00130 e. The first-order chi connectivity index (χ1) is 17.9. The summed E-state index contributed by atoms with van der Waals surface area (Å²) in [6.45, 7) is 0. The molecule has 9 rings (SSSR count). The van der Waals surface area contributed by atoms with Crippen molar-refractivity contribution in [1.29, 1.82) is 0 Å². The fraction of sp³-hybridized carbons (Fsp3) is 0.0556. The van der Waals surface area contributed by atoms with Crippen molar-refractivity contribution in [1.82, 2.24) is 0 Å². The summed E-state index contributed by atoms with van der Waals surface area (Å²) < 4.78 is 0. The summed E-state index contributed by atoms with van der Waals surface area (Å²) in [4.78, 5) is 0. The number of fused-ring (bicyclic) bond motifs is 10. The Morgan fingerprint density at radius 1 is 0.306 bits per heavy atom. The van der Waals surface area contributed by atoms with Crippen LogP contribution in [-0.4, -0.2) is 0 Å². The summed E-state index contributed by atoms with van der Waals surface area (Å²) in [5.74, 6) is 0. The van der Waals surface area contributed by atoms with Crippen molar-refractivity contribution < 1.29 is 0 Å². The van der Waals surface area contributed by atoms with Crippen LogP contribution in [0.25, 0.3) is 65.3 Å². The molecule has 7 aromatic carbocycles. The molecule has 2 aliphatic rings. The zero-order chi connectivity index (χ0) is 23.4. The molecule has 36 heavy (non-hydrogen) atoms. The third-order valence-electron chi connectivity index (χ3n) is 8.63. The lowest BCUT2D eigenvalue weighted by Gasteiger charge is -2.30. The topological polar surface area (TPSA) is 0 Å². The van der Waals surface area contributed by atoms with Crippen LogP contribution in [0.1, 0.15) is 22.3 Å². The van der Waals surface area contributed by atoms with E-state index in [2.05, 4.69) is 109 Å². The molecular weight excluding hydrogens is 432 g/mol. The molecule has 0 saturated heterocycles. The summed E-state index contributed by atoms with van der Waals surface area (Å²) in [5, 5.41) is 11.1. The molecule has 0 heterocycles. The van der Waals surface area contributed by atoms with Crippen LogP contribution in [0.15, 0.2) is 109 Å². The summed E-state index contributed by atoms with van der Waals surface area (Å²) in [6, 6.07) is 41.1. The highest BCUT2D eigenvalue weighted by atomic mass is 14.3. The van der Waals surface area contributed by atoms with Gasteiger partial charge in [0.25, 0.3) is 0 Å². The van der Waals surface area contributed by atoms with Gasteiger partial charge in [0.05, 0.1) is 0 Å². The number of rotatable bonds is 0. The molecule has 0 radical (unpaired) electrons. The third-order valence-corrected chi connectivity index (χ3v) is 8.63. The van der Waals surface area contributed by atoms with E-state index in [1.54, 1.807) is 0 Å². The predicted molar refractivity (Wildman–Crippen MR) is 153 cm³/mol. The van der Waals surface area contributed by atoms with Crippen LogP contribution >= 0.6 is 0 Å². The molecule has 0 aliphatic heterocycles. The standard InChI is InChI=1S/C36H22/c1-3-11-27-21(7-1)15-17-25-19-23-9-6-14-30-33(23)35(31(25)27)29-13-5-10-24-20-26-18-16-22-8-2-4-12-28(22)32(26)36(30)34(24)29/h1-18H,19-20H2. The van der Waals surface area contributed by atoms with Gasteiger partial charge in [-0.1, -0.05) is 109 Å². The first-order valence-electron chi connectivity index (χ1n) is 12.9. The van der Waals surface area contributed by atoms with Crippen molar-refractivity contribution in [2.75, 3.05) is 0 Å². The highest BCUT2D eigenvalue weighted by molar-refractivity contribution is 6.28. The normalized spacial score (nSPS) is 13.3. The smallest absolute Gasteiger partial charge is 0.00130 e. The molecule has 0 spiro atoms. The van der Waals surface area contributed by atoms with E-state index >= 15 is 0 Å². The molecule has 166 valence electrons. The van der Waals surface area contributed by atoms with Crippen molar-refractivity contribution in [3.8, 4) is 22.3 Å². The van der Waals surface area contributed by atoms with Crippen LogP contribution in [0.5, 0.6) is 0 Å². The Bertz CT molecular complexity index is 1940. The zero-order valence-corrected chi connectivity index (χ0v) is 19.8. The minimum absolute atomic E-state index is 0.984. The lowest BCUT2D eigenvalue weighted by molar-refractivity contribution is 1.20. The second-order valence-electron chi connectivity index (χ2n) is 10.4. The van der Waals surface area contributed by atoms with Gasteiger partial charge in [-0.3, -0.25) is 0 Å². The fourth-order valence-electron chi connectivity index (χ4n) is 7.22. The van der Waals surface area contributed by atoms with Crippen molar-refractivity contribution in [3.63, 3.8) is 0 Å². The fourth-order valence-corrected chi connectivity index (χ4v) is 7.22. The average molecular weight is 455 g/mol. The lowest BCUT2D eigenvalue weighted by Crippen LogP contribution is -2.07. The van der Waals surface area contributed by atoms with Gasteiger partial charge in [-0.25, -0.2) is 0 Å². The van der Waals surface area contributed by atoms with Crippen molar-refractivity contribution in [3.05, 3.63) is 131 Å². The second-order valence-corrected chi connectivity index (χ2v) is 10.4. The Balaban J connectivity index is 1.57. The lowest BCUT2D eigenvalue weighted by atomic mass is 9.73. The Morgan fingerprint density at radius 3 is 1.25 bits per heavy atom. The van der Waals surface area contributed by atoms with E-state index in [0.29, 0.717) is 0 Å². The van der Waals surface area contributed by atoms with Gasteiger partial charge in [-0.2, -0.15) is 0 Å². The zero-order valence-electron chi connectivity index (χ0n) is 19.8. The maximum atomic E-state index is 2.38. The monoisotopic (exact) mass is 454 g/mol.